The molecule has 1 heterocycles. The second kappa shape index (κ2) is 5.06. The highest BCUT2D eigenvalue weighted by Gasteiger charge is 2.43. The van der Waals surface area contributed by atoms with Gasteiger partial charge >= 0.3 is 0 Å². The number of nitrogens with zero attached hydrogens (tertiary/aromatic N) is 1. The van der Waals surface area contributed by atoms with Crippen molar-refractivity contribution in [3.8, 4) is 0 Å². The van der Waals surface area contributed by atoms with Crippen LogP contribution in [0, 0.1) is 11.7 Å². The largest absolute Gasteiger partial charge is 0.370 e. The SMILES string of the molecule is CC1(C2CC2)CN(c2ccc(F)c(Br)c2)CCCN1. The third kappa shape index (κ3) is 2.79. The van der Waals surface area contributed by atoms with Gasteiger partial charge in [0.1, 0.15) is 5.82 Å². The summed E-state index contributed by atoms with van der Waals surface area (Å²) in [5, 5.41) is 3.72. The van der Waals surface area contributed by atoms with Crippen LogP contribution >= 0.6 is 15.9 Å². The van der Waals surface area contributed by atoms with Crippen molar-refractivity contribution in [1.82, 2.24) is 5.32 Å². The summed E-state index contributed by atoms with van der Waals surface area (Å²) in [5.41, 5.74) is 1.32. The van der Waals surface area contributed by atoms with Crippen molar-refractivity contribution in [1.29, 1.82) is 0 Å². The summed E-state index contributed by atoms with van der Waals surface area (Å²) in [7, 11) is 0. The van der Waals surface area contributed by atoms with Gasteiger partial charge in [0.15, 0.2) is 0 Å². The van der Waals surface area contributed by atoms with Gasteiger partial charge < -0.3 is 10.2 Å². The number of halogens is 2. The zero-order valence-corrected chi connectivity index (χ0v) is 12.8. The van der Waals surface area contributed by atoms with E-state index in [1.807, 2.05) is 12.1 Å². The Morgan fingerprint density at radius 3 is 2.89 bits per heavy atom. The van der Waals surface area contributed by atoms with Crippen LogP contribution in [0.4, 0.5) is 10.1 Å². The molecule has 2 aliphatic rings. The lowest BCUT2D eigenvalue weighted by molar-refractivity contribution is 0.331. The first-order chi connectivity index (χ1) is 9.08. The average molecular weight is 327 g/mol. The van der Waals surface area contributed by atoms with Crippen LogP contribution in [0.1, 0.15) is 26.2 Å². The molecular weight excluding hydrogens is 307 g/mol. The summed E-state index contributed by atoms with van der Waals surface area (Å²) in [6, 6.07) is 5.33. The first-order valence-corrected chi connectivity index (χ1v) is 7.83. The van der Waals surface area contributed by atoms with E-state index in [-0.39, 0.29) is 11.4 Å². The Hall–Kier alpha value is -0.610. The first kappa shape index (κ1) is 13.4. The Kier molecular flexibility index (Phi) is 3.56. The standard InChI is InChI=1S/C15H20BrFN2/c1-15(11-3-4-11)10-19(8-2-7-18-15)12-5-6-14(17)13(16)9-12/h5-6,9,11,18H,2-4,7-8,10H2,1H3. The molecule has 0 amide bonds. The fourth-order valence-corrected chi connectivity index (χ4v) is 3.44. The van der Waals surface area contributed by atoms with Crippen molar-refractivity contribution in [2.45, 2.75) is 31.7 Å². The average Bonchev–Trinajstić information content (AvgIpc) is 3.19. The van der Waals surface area contributed by atoms with Crippen LogP contribution in [0.5, 0.6) is 0 Å². The second-order valence-electron chi connectivity index (χ2n) is 5.99. The molecule has 1 atom stereocenters. The van der Waals surface area contributed by atoms with Gasteiger partial charge in [0, 0.05) is 24.3 Å². The van der Waals surface area contributed by atoms with Crippen LogP contribution in [0.15, 0.2) is 22.7 Å². The van der Waals surface area contributed by atoms with Crippen molar-refractivity contribution in [2.24, 2.45) is 5.92 Å². The Balaban J connectivity index is 1.83. The van der Waals surface area contributed by atoms with E-state index >= 15 is 0 Å². The summed E-state index contributed by atoms with van der Waals surface area (Å²) >= 11 is 3.28. The van der Waals surface area contributed by atoms with Gasteiger partial charge in [-0.3, -0.25) is 0 Å². The predicted molar refractivity (Wildman–Crippen MR) is 80.1 cm³/mol. The van der Waals surface area contributed by atoms with Crippen LogP contribution in [0.25, 0.3) is 0 Å². The maximum atomic E-state index is 13.4. The van der Waals surface area contributed by atoms with Crippen molar-refractivity contribution in [3.05, 3.63) is 28.5 Å². The lowest BCUT2D eigenvalue weighted by Crippen LogP contribution is -2.51. The Morgan fingerprint density at radius 2 is 2.21 bits per heavy atom. The number of anilines is 1. The Morgan fingerprint density at radius 1 is 1.42 bits per heavy atom. The highest BCUT2D eigenvalue weighted by atomic mass is 79.9. The Labute approximate surface area is 122 Å². The number of nitrogens with one attached hydrogen (secondary N) is 1. The fraction of sp³-hybridized carbons (Fsp3) is 0.600. The van der Waals surface area contributed by atoms with Gasteiger partial charge in [0.2, 0.25) is 0 Å². The number of hydrogen-bond donors (Lipinski definition) is 1. The van der Waals surface area contributed by atoms with Crippen LogP contribution in [-0.4, -0.2) is 25.2 Å². The van der Waals surface area contributed by atoms with E-state index in [2.05, 4.69) is 33.1 Å². The number of hydrogen-bond acceptors (Lipinski definition) is 2. The molecule has 1 aromatic carbocycles. The summed E-state index contributed by atoms with van der Waals surface area (Å²) in [6.45, 7) is 5.45. The quantitative estimate of drug-likeness (QED) is 0.894. The van der Waals surface area contributed by atoms with Crippen LogP contribution in [-0.2, 0) is 0 Å². The molecule has 0 spiro atoms. The molecule has 104 valence electrons. The molecule has 0 aromatic heterocycles. The van der Waals surface area contributed by atoms with E-state index in [0.29, 0.717) is 4.47 Å². The van der Waals surface area contributed by atoms with E-state index in [1.165, 1.54) is 12.8 Å². The summed E-state index contributed by atoms with van der Waals surface area (Å²) in [4.78, 5) is 2.39. The van der Waals surface area contributed by atoms with Crippen molar-refractivity contribution < 1.29 is 4.39 Å². The molecule has 2 fully saturated rings. The minimum absolute atomic E-state index is 0.193. The predicted octanol–water partition coefficient (Wildman–Crippen LogP) is 3.56. The van der Waals surface area contributed by atoms with Gasteiger partial charge in [0.25, 0.3) is 0 Å². The summed E-state index contributed by atoms with van der Waals surface area (Å²) in [6.07, 6.45) is 3.81. The molecule has 1 saturated heterocycles. The highest BCUT2D eigenvalue weighted by molar-refractivity contribution is 9.10. The highest BCUT2D eigenvalue weighted by Crippen LogP contribution is 2.41. The van der Waals surface area contributed by atoms with Crippen molar-refractivity contribution in [3.63, 3.8) is 0 Å². The van der Waals surface area contributed by atoms with Crippen LogP contribution < -0.4 is 10.2 Å². The molecule has 3 rings (SSSR count). The van der Waals surface area contributed by atoms with Gasteiger partial charge in [-0.15, -0.1) is 0 Å². The van der Waals surface area contributed by atoms with Gasteiger partial charge in [-0.05, 0) is 72.8 Å². The normalized spacial score (nSPS) is 28.3. The van der Waals surface area contributed by atoms with E-state index in [4.69, 9.17) is 0 Å². The molecular formula is C15H20BrFN2. The third-order valence-electron chi connectivity index (χ3n) is 4.40. The smallest absolute Gasteiger partial charge is 0.137 e. The van der Waals surface area contributed by atoms with Gasteiger partial charge in [-0.2, -0.15) is 0 Å². The third-order valence-corrected chi connectivity index (χ3v) is 5.01. The number of rotatable bonds is 2. The minimum atomic E-state index is -0.193. The molecule has 1 aliphatic carbocycles. The summed E-state index contributed by atoms with van der Waals surface area (Å²) < 4.78 is 13.9. The van der Waals surface area contributed by atoms with Crippen molar-refractivity contribution >= 4 is 21.6 Å². The van der Waals surface area contributed by atoms with Gasteiger partial charge in [0.05, 0.1) is 4.47 Å². The first-order valence-electron chi connectivity index (χ1n) is 7.03. The lowest BCUT2D eigenvalue weighted by Gasteiger charge is -2.35. The van der Waals surface area contributed by atoms with E-state index in [9.17, 15) is 4.39 Å². The summed E-state index contributed by atoms with van der Waals surface area (Å²) in [5.74, 6) is 0.610. The topological polar surface area (TPSA) is 15.3 Å². The lowest BCUT2D eigenvalue weighted by atomic mass is 9.95. The van der Waals surface area contributed by atoms with Crippen LogP contribution in [0.3, 0.4) is 0 Å². The molecule has 0 radical (unpaired) electrons. The van der Waals surface area contributed by atoms with Crippen molar-refractivity contribution in [2.75, 3.05) is 24.5 Å². The van der Waals surface area contributed by atoms with E-state index in [0.717, 1.165) is 37.7 Å². The molecule has 2 nitrogen and oxygen atoms in total. The molecule has 1 aliphatic heterocycles. The zero-order valence-electron chi connectivity index (χ0n) is 11.3. The van der Waals surface area contributed by atoms with Crippen LogP contribution in [0.2, 0.25) is 0 Å². The molecule has 19 heavy (non-hydrogen) atoms. The number of benzene rings is 1. The van der Waals surface area contributed by atoms with E-state index in [1.54, 1.807) is 6.07 Å². The molecule has 1 aromatic rings. The maximum Gasteiger partial charge on any atom is 0.137 e. The van der Waals surface area contributed by atoms with E-state index < -0.39 is 0 Å². The van der Waals surface area contributed by atoms with Gasteiger partial charge in [-0.1, -0.05) is 0 Å². The fourth-order valence-electron chi connectivity index (χ4n) is 3.07. The maximum absolute atomic E-state index is 13.4. The Bertz CT molecular complexity index is 475. The molecule has 1 N–H and O–H groups in total. The zero-order chi connectivity index (χ0) is 13.5. The minimum Gasteiger partial charge on any atom is -0.370 e. The molecule has 1 saturated carbocycles. The molecule has 1 unspecified atom stereocenters. The molecule has 0 bridgehead atoms. The monoisotopic (exact) mass is 326 g/mol. The molecule has 4 heteroatoms. The van der Waals surface area contributed by atoms with Gasteiger partial charge in [-0.25, -0.2) is 4.39 Å². The second-order valence-corrected chi connectivity index (χ2v) is 6.85.